The van der Waals surface area contributed by atoms with Crippen molar-refractivity contribution in [2.24, 2.45) is 0 Å². The molecule has 0 radical (unpaired) electrons. The van der Waals surface area contributed by atoms with Crippen LogP contribution in [0.25, 0.3) is 0 Å². The molecule has 1 heterocycles. The first-order valence-corrected chi connectivity index (χ1v) is 7.70. The van der Waals surface area contributed by atoms with Crippen LogP contribution in [0.3, 0.4) is 0 Å². The van der Waals surface area contributed by atoms with Gasteiger partial charge in [0.1, 0.15) is 5.75 Å². The van der Waals surface area contributed by atoms with Crippen LogP contribution in [0.4, 0.5) is 11.4 Å². The number of carbonyl (C=O) groups excluding carboxylic acids is 3. The van der Waals surface area contributed by atoms with E-state index in [1.165, 1.54) is 7.11 Å². The molecule has 0 unspecified atom stereocenters. The first-order valence-electron chi connectivity index (χ1n) is 7.70. The molecule has 2 aromatic carbocycles. The van der Waals surface area contributed by atoms with Gasteiger partial charge in [-0.05, 0) is 24.3 Å². The van der Waals surface area contributed by atoms with E-state index in [-0.39, 0.29) is 30.7 Å². The summed E-state index contributed by atoms with van der Waals surface area (Å²) in [5.74, 6) is -0.510. The van der Waals surface area contributed by atoms with E-state index in [0.29, 0.717) is 28.3 Å². The van der Waals surface area contributed by atoms with Gasteiger partial charge in [-0.1, -0.05) is 12.1 Å². The Morgan fingerprint density at radius 1 is 1.12 bits per heavy atom. The Hall–Kier alpha value is -3.35. The molecule has 0 saturated heterocycles. The Balaban J connectivity index is 1.62. The lowest BCUT2D eigenvalue weighted by molar-refractivity contribution is -0.116. The first-order chi connectivity index (χ1) is 12.0. The summed E-state index contributed by atoms with van der Waals surface area (Å²) in [5, 5.41) is 2.67. The largest absolute Gasteiger partial charge is 0.497 e. The standard InChI is InChI=1S/C18H17N3O4/c1-25-11-6-7-15(14(19)10-11)20-16(22)8-9-21-17(23)12-4-2-3-5-13(12)18(21)24/h2-7,10H,8-9,19H2,1H3,(H,20,22). The van der Waals surface area contributed by atoms with Gasteiger partial charge in [-0.25, -0.2) is 0 Å². The van der Waals surface area contributed by atoms with E-state index in [1.54, 1.807) is 42.5 Å². The Labute approximate surface area is 144 Å². The third-order valence-corrected chi connectivity index (χ3v) is 3.97. The van der Waals surface area contributed by atoms with Gasteiger partial charge < -0.3 is 15.8 Å². The van der Waals surface area contributed by atoms with Crippen molar-refractivity contribution in [3.8, 4) is 5.75 Å². The van der Waals surface area contributed by atoms with Crippen molar-refractivity contribution in [1.29, 1.82) is 0 Å². The molecule has 1 aliphatic heterocycles. The third-order valence-electron chi connectivity index (χ3n) is 3.97. The van der Waals surface area contributed by atoms with Crippen LogP contribution in [0, 0.1) is 0 Å². The summed E-state index contributed by atoms with van der Waals surface area (Å²) < 4.78 is 5.05. The second-order valence-corrected chi connectivity index (χ2v) is 5.56. The van der Waals surface area contributed by atoms with Gasteiger partial charge in [-0.2, -0.15) is 0 Å². The highest BCUT2D eigenvalue weighted by Gasteiger charge is 2.34. The predicted molar refractivity (Wildman–Crippen MR) is 92.5 cm³/mol. The molecular weight excluding hydrogens is 322 g/mol. The van der Waals surface area contributed by atoms with Gasteiger partial charge in [-0.15, -0.1) is 0 Å². The van der Waals surface area contributed by atoms with E-state index in [1.807, 2.05) is 0 Å². The van der Waals surface area contributed by atoms with Crippen molar-refractivity contribution in [3.05, 3.63) is 53.6 Å². The molecule has 2 aromatic rings. The number of nitrogens with two attached hydrogens (primary N) is 1. The third kappa shape index (κ3) is 3.16. The van der Waals surface area contributed by atoms with Gasteiger partial charge in [0.25, 0.3) is 11.8 Å². The number of hydrogen-bond acceptors (Lipinski definition) is 5. The van der Waals surface area contributed by atoms with Gasteiger partial charge >= 0.3 is 0 Å². The molecule has 0 aromatic heterocycles. The maximum absolute atomic E-state index is 12.2. The molecule has 3 N–H and O–H groups in total. The fourth-order valence-electron chi connectivity index (χ4n) is 2.65. The smallest absolute Gasteiger partial charge is 0.261 e. The van der Waals surface area contributed by atoms with Crippen molar-refractivity contribution in [3.63, 3.8) is 0 Å². The highest BCUT2D eigenvalue weighted by molar-refractivity contribution is 6.21. The summed E-state index contributed by atoms with van der Waals surface area (Å²) in [4.78, 5) is 37.7. The van der Waals surface area contributed by atoms with E-state index in [4.69, 9.17) is 10.5 Å². The Bertz CT molecular complexity index is 828. The second-order valence-electron chi connectivity index (χ2n) is 5.56. The molecule has 7 nitrogen and oxygen atoms in total. The zero-order valence-electron chi connectivity index (χ0n) is 13.6. The number of ether oxygens (including phenoxy) is 1. The molecule has 0 bridgehead atoms. The van der Waals surface area contributed by atoms with Crippen LogP contribution in [0.1, 0.15) is 27.1 Å². The summed E-state index contributed by atoms with van der Waals surface area (Å²) in [5.41, 5.74) is 7.41. The minimum Gasteiger partial charge on any atom is -0.497 e. The molecule has 0 fully saturated rings. The monoisotopic (exact) mass is 339 g/mol. The van der Waals surface area contributed by atoms with Gasteiger partial charge in [0.05, 0.1) is 29.6 Å². The molecule has 1 aliphatic rings. The van der Waals surface area contributed by atoms with Crippen molar-refractivity contribution >= 4 is 29.1 Å². The average Bonchev–Trinajstić information content (AvgIpc) is 2.86. The van der Waals surface area contributed by atoms with E-state index in [2.05, 4.69) is 5.32 Å². The minimum absolute atomic E-state index is 0.00817. The maximum atomic E-state index is 12.2. The number of fused-ring (bicyclic) bond motifs is 1. The number of amides is 3. The second kappa shape index (κ2) is 6.64. The molecule has 128 valence electrons. The summed E-state index contributed by atoms with van der Waals surface area (Å²) in [7, 11) is 1.52. The zero-order chi connectivity index (χ0) is 18.0. The van der Waals surface area contributed by atoms with E-state index >= 15 is 0 Å². The molecule has 0 spiro atoms. The van der Waals surface area contributed by atoms with Crippen LogP contribution in [-0.2, 0) is 4.79 Å². The quantitative estimate of drug-likeness (QED) is 0.640. The van der Waals surface area contributed by atoms with Crippen LogP contribution in [0.5, 0.6) is 5.75 Å². The lowest BCUT2D eigenvalue weighted by atomic mass is 10.1. The average molecular weight is 339 g/mol. The zero-order valence-corrected chi connectivity index (χ0v) is 13.6. The summed E-state index contributed by atoms with van der Waals surface area (Å²) >= 11 is 0. The lowest BCUT2D eigenvalue weighted by Crippen LogP contribution is -2.32. The number of benzene rings is 2. The maximum Gasteiger partial charge on any atom is 0.261 e. The van der Waals surface area contributed by atoms with Gasteiger partial charge in [0.2, 0.25) is 5.91 Å². The topological polar surface area (TPSA) is 102 Å². The molecule has 7 heteroatoms. The number of nitrogens with one attached hydrogen (secondary N) is 1. The number of anilines is 2. The normalized spacial score (nSPS) is 12.9. The predicted octanol–water partition coefficient (Wildman–Crippen LogP) is 1.90. The van der Waals surface area contributed by atoms with E-state index < -0.39 is 0 Å². The Morgan fingerprint density at radius 2 is 1.76 bits per heavy atom. The van der Waals surface area contributed by atoms with Gasteiger partial charge in [0, 0.05) is 19.0 Å². The van der Waals surface area contributed by atoms with E-state index in [0.717, 1.165) is 4.90 Å². The van der Waals surface area contributed by atoms with E-state index in [9.17, 15) is 14.4 Å². The van der Waals surface area contributed by atoms with Crippen LogP contribution in [-0.4, -0.2) is 36.3 Å². The Morgan fingerprint density at radius 3 is 2.32 bits per heavy atom. The summed E-state index contributed by atoms with van der Waals surface area (Å²) in [6.07, 6.45) is -0.0169. The fourth-order valence-corrected chi connectivity index (χ4v) is 2.65. The highest BCUT2D eigenvalue weighted by atomic mass is 16.5. The van der Waals surface area contributed by atoms with Gasteiger partial charge in [0.15, 0.2) is 0 Å². The lowest BCUT2D eigenvalue weighted by Gasteiger charge is -2.14. The molecule has 3 rings (SSSR count). The van der Waals surface area contributed by atoms with Crippen LogP contribution in [0.15, 0.2) is 42.5 Å². The summed E-state index contributed by atoms with van der Waals surface area (Å²) in [6, 6.07) is 11.5. The number of nitrogens with zero attached hydrogens (tertiary/aromatic N) is 1. The number of carbonyl (C=O) groups is 3. The molecule has 0 aliphatic carbocycles. The molecule has 25 heavy (non-hydrogen) atoms. The highest BCUT2D eigenvalue weighted by Crippen LogP contribution is 2.25. The Kier molecular flexibility index (Phi) is 4.38. The minimum atomic E-state index is -0.377. The molecule has 3 amide bonds. The SMILES string of the molecule is COc1ccc(NC(=O)CCN2C(=O)c3ccccc3C2=O)c(N)c1. The number of hydrogen-bond donors (Lipinski definition) is 2. The molecule has 0 atom stereocenters. The number of nitrogen functional groups attached to an aromatic ring is 1. The van der Waals surface area contributed by atoms with Crippen LogP contribution in [0.2, 0.25) is 0 Å². The van der Waals surface area contributed by atoms with Crippen molar-refractivity contribution < 1.29 is 19.1 Å². The van der Waals surface area contributed by atoms with Crippen molar-refractivity contribution in [2.45, 2.75) is 6.42 Å². The fraction of sp³-hybridized carbons (Fsp3) is 0.167. The number of methoxy groups -OCH3 is 1. The van der Waals surface area contributed by atoms with Gasteiger partial charge in [-0.3, -0.25) is 19.3 Å². The van der Waals surface area contributed by atoms with Crippen LogP contribution >= 0.6 is 0 Å². The van der Waals surface area contributed by atoms with Crippen LogP contribution < -0.4 is 15.8 Å². The van der Waals surface area contributed by atoms with Crippen molar-refractivity contribution in [1.82, 2.24) is 4.90 Å². The first kappa shape index (κ1) is 16.5. The molecular formula is C18H17N3O4. The number of imide groups is 1. The van der Waals surface area contributed by atoms with Crippen molar-refractivity contribution in [2.75, 3.05) is 24.7 Å². The molecule has 0 saturated carbocycles. The number of rotatable bonds is 5. The summed E-state index contributed by atoms with van der Waals surface area (Å²) in [6.45, 7) is 0.00817.